The molecule has 1 aliphatic heterocycles. The molecule has 1 aromatic carbocycles. The molecule has 2 atom stereocenters. The molecule has 0 spiro atoms. The van der Waals surface area contributed by atoms with Gasteiger partial charge in [-0.05, 0) is 39.1 Å². The molecule has 0 radical (unpaired) electrons. The van der Waals surface area contributed by atoms with Crippen LogP contribution in [-0.4, -0.2) is 49.1 Å². The summed E-state index contributed by atoms with van der Waals surface area (Å²) in [6.45, 7) is 4.99. The highest BCUT2D eigenvalue weighted by atomic mass is 19.1. The molecule has 0 bridgehead atoms. The van der Waals surface area contributed by atoms with Gasteiger partial charge in [-0.15, -0.1) is 0 Å². The van der Waals surface area contributed by atoms with Crippen LogP contribution in [0.5, 0.6) is 0 Å². The summed E-state index contributed by atoms with van der Waals surface area (Å²) in [7, 11) is 2.07. The Balaban J connectivity index is 2.31. The second-order valence-corrected chi connectivity index (χ2v) is 5.59. The van der Waals surface area contributed by atoms with E-state index < -0.39 is 17.7 Å². The maximum Gasteiger partial charge on any atom is 0.130 e. The topological polar surface area (TPSA) is 32.5 Å². The second kappa shape index (κ2) is 6.61. The van der Waals surface area contributed by atoms with Crippen molar-refractivity contribution in [3.63, 3.8) is 0 Å². The summed E-state index contributed by atoms with van der Waals surface area (Å²) in [4.78, 5) is 4.38. The van der Waals surface area contributed by atoms with E-state index in [0.717, 1.165) is 26.1 Å². The lowest BCUT2D eigenvalue weighted by atomic mass is 10.0. The normalized spacial score (nSPS) is 23.6. The molecular formula is C15H23F2N3. The van der Waals surface area contributed by atoms with Crippen molar-refractivity contribution in [2.45, 2.75) is 25.4 Å². The van der Waals surface area contributed by atoms with E-state index in [1.807, 2.05) is 0 Å². The van der Waals surface area contributed by atoms with Gasteiger partial charge in [-0.25, -0.2) is 8.78 Å². The van der Waals surface area contributed by atoms with E-state index in [-0.39, 0.29) is 18.2 Å². The first kappa shape index (κ1) is 15.4. The van der Waals surface area contributed by atoms with E-state index in [2.05, 4.69) is 23.8 Å². The van der Waals surface area contributed by atoms with E-state index in [9.17, 15) is 8.78 Å². The van der Waals surface area contributed by atoms with Crippen molar-refractivity contribution in [1.82, 2.24) is 9.80 Å². The Morgan fingerprint density at radius 3 is 2.55 bits per heavy atom. The summed E-state index contributed by atoms with van der Waals surface area (Å²) in [6.07, 6.45) is 0.980. The predicted molar refractivity (Wildman–Crippen MR) is 76.4 cm³/mol. The number of halogens is 2. The van der Waals surface area contributed by atoms with Gasteiger partial charge in [0.05, 0.1) is 6.04 Å². The monoisotopic (exact) mass is 283 g/mol. The first-order chi connectivity index (χ1) is 9.54. The summed E-state index contributed by atoms with van der Waals surface area (Å²) in [6, 6.07) is 3.81. The molecule has 2 unspecified atom stereocenters. The molecule has 112 valence electrons. The molecule has 5 heteroatoms. The van der Waals surface area contributed by atoms with Crippen LogP contribution in [0.1, 0.15) is 24.9 Å². The van der Waals surface area contributed by atoms with Crippen LogP contribution in [0.15, 0.2) is 18.2 Å². The zero-order chi connectivity index (χ0) is 14.7. The van der Waals surface area contributed by atoms with E-state index in [0.29, 0.717) is 0 Å². The van der Waals surface area contributed by atoms with Crippen molar-refractivity contribution in [3.05, 3.63) is 35.4 Å². The van der Waals surface area contributed by atoms with E-state index in [1.54, 1.807) is 0 Å². The van der Waals surface area contributed by atoms with Crippen LogP contribution in [0, 0.1) is 11.6 Å². The van der Waals surface area contributed by atoms with Crippen LogP contribution in [0.4, 0.5) is 8.78 Å². The third-order valence-electron chi connectivity index (χ3n) is 4.05. The van der Waals surface area contributed by atoms with Crippen LogP contribution >= 0.6 is 0 Å². The molecule has 1 aromatic rings. The molecule has 2 N–H and O–H groups in total. The molecule has 1 saturated heterocycles. The molecular weight excluding hydrogens is 260 g/mol. The molecule has 0 amide bonds. The molecule has 0 saturated carbocycles. The van der Waals surface area contributed by atoms with Gasteiger partial charge in [0.15, 0.2) is 0 Å². The number of rotatable bonds is 3. The molecule has 1 aliphatic rings. The van der Waals surface area contributed by atoms with E-state index >= 15 is 0 Å². The van der Waals surface area contributed by atoms with Crippen LogP contribution in [0.2, 0.25) is 0 Å². The van der Waals surface area contributed by atoms with Crippen molar-refractivity contribution in [2.75, 3.05) is 33.2 Å². The molecule has 3 nitrogen and oxygen atoms in total. The first-order valence-electron chi connectivity index (χ1n) is 7.13. The number of hydrogen-bond donors (Lipinski definition) is 1. The highest BCUT2D eigenvalue weighted by molar-refractivity contribution is 5.24. The Hall–Kier alpha value is -1.04. The van der Waals surface area contributed by atoms with Crippen molar-refractivity contribution in [2.24, 2.45) is 5.73 Å². The summed E-state index contributed by atoms with van der Waals surface area (Å²) >= 11 is 0. The molecule has 20 heavy (non-hydrogen) atoms. The van der Waals surface area contributed by atoms with Gasteiger partial charge >= 0.3 is 0 Å². The van der Waals surface area contributed by atoms with Crippen molar-refractivity contribution in [1.29, 1.82) is 0 Å². The maximum absolute atomic E-state index is 14.0. The average Bonchev–Trinajstić information content (AvgIpc) is 2.55. The fourth-order valence-electron chi connectivity index (χ4n) is 3.10. The quantitative estimate of drug-likeness (QED) is 0.921. The van der Waals surface area contributed by atoms with Gasteiger partial charge in [-0.3, -0.25) is 4.90 Å². The number of benzene rings is 1. The summed E-state index contributed by atoms with van der Waals surface area (Å²) in [5.74, 6) is -1.02. The molecule has 2 rings (SSSR count). The third-order valence-corrected chi connectivity index (χ3v) is 4.05. The molecule has 1 heterocycles. The largest absolute Gasteiger partial charge is 0.329 e. The number of likely N-dealkylation sites (N-methyl/N-ethyl adjacent to an activating group) is 1. The lowest BCUT2D eigenvalue weighted by Gasteiger charge is -2.35. The predicted octanol–water partition coefficient (Wildman–Crippen LogP) is 1.99. The smallest absolute Gasteiger partial charge is 0.130 e. The lowest BCUT2D eigenvalue weighted by molar-refractivity contribution is 0.141. The Kier molecular flexibility index (Phi) is 5.07. The maximum atomic E-state index is 14.0. The number of hydrogen-bond acceptors (Lipinski definition) is 3. The van der Waals surface area contributed by atoms with Gasteiger partial charge in [0.2, 0.25) is 0 Å². The van der Waals surface area contributed by atoms with Crippen LogP contribution in [0.25, 0.3) is 0 Å². The third kappa shape index (κ3) is 3.16. The van der Waals surface area contributed by atoms with Gasteiger partial charge in [0.1, 0.15) is 11.6 Å². The molecule has 1 fully saturated rings. The zero-order valence-corrected chi connectivity index (χ0v) is 12.1. The lowest BCUT2D eigenvalue weighted by Crippen LogP contribution is -2.43. The highest BCUT2D eigenvalue weighted by Gasteiger charge is 2.30. The minimum Gasteiger partial charge on any atom is -0.329 e. The van der Waals surface area contributed by atoms with Gasteiger partial charge in [-0.1, -0.05) is 6.07 Å². The Morgan fingerprint density at radius 2 is 1.95 bits per heavy atom. The van der Waals surface area contributed by atoms with Gasteiger partial charge in [0, 0.05) is 31.2 Å². The first-order valence-corrected chi connectivity index (χ1v) is 7.13. The van der Waals surface area contributed by atoms with Gasteiger partial charge in [0.25, 0.3) is 0 Å². The highest BCUT2D eigenvalue weighted by Crippen LogP contribution is 2.28. The van der Waals surface area contributed by atoms with Gasteiger partial charge in [-0.2, -0.15) is 0 Å². The fourth-order valence-corrected chi connectivity index (χ4v) is 3.10. The standard InChI is InChI=1S/C15H23F2N3/c1-11-10-19(2)7-4-8-20(11)14(9-18)15-12(16)5-3-6-13(15)17/h3,5-6,11,14H,4,7-10,18H2,1-2H3. The van der Waals surface area contributed by atoms with E-state index in [4.69, 9.17) is 5.73 Å². The minimum absolute atomic E-state index is 0.103. The number of nitrogens with two attached hydrogens (primary N) is 1. The second-order valence-electron chi connectivity index (χ2n) is 5.59. The van der Waals surface area contributed by atoms with Crippen LogP contribution in [-0.2, 0) is 0 Å². The van der Waals surface area contributed by atoms with E-state index in [1.165, 1.54) is 18.2 Å². The molecule has 0 aliphatic carbocycles. The Labute approximate surface area is 119 Å². The van der Waals surface area contributed by atoms with Crippen LogP contribution < -0.4 is 5.73 Å². The molecule has 0 aromatic heterocycles. The van der Waals surface area contributed by atoms with Crippen molar-refractivity contribution in [3.8, 4) is 0 Å². The van der Waals surface area contributed by atoms with Crippen LogP contribution in [0.3, 0.4) is 0 Å². The average molecular weight is 283 g/mol. The SMILES string of the molecule is CC1CN(C)CCCN1C(CN)c1c(F)cccc1F. The fraction of sp³-hybridized carbons (Fsp3) is 0.600. The number of nitrogens with zero attached hydrogens (tertiary/aromatic N) is 2. The summed E-state index contributed by atoms with van der Waals surface area (Å²) < 4.78 is 28.0. The Morgan fingerprint density at radius 1 is 1.30 bits per heavy atom. The zero-order valence-electron chi connectivity index (χ0n) is 12.1. The summed E-state index contributed by atoms with van der Waals surface area (Å²) in [5.41, 5.74) is 5.94. The van der Waals surface area contributed by atoms with Crippen molar-refractivity contribution < 1.29 is 8.78 Å². The van der Waals surface area contributed by atoms with Gasteiger partial charge < -0.3 is 10.6 Å². The Bertz CT molecular complexity index is 432. The van der Waals surface area contributed by atoms with Crippen molar-refractivity contribution >= 4 is 0 Å². The summed E-state index contributed by atoms with van der Waals surface area (Å²) in [5, 5.41) is 0. The minimum atomic E-state index is -0.509.